The summed E-state index contributed by atoms with van der Waals surface area (Å²) in [6.45, 7) is 0. The zero-order valence-electron chi connectivity index (χ0n) is 14.8. The second-order valence-electron chi connectivity index (χ2n) is 5.88. The van der Waals surface area contributed by atoms with Crippen LogP contribution in [0.1, 0.15) is 31.1 Å². The summed E-state index contributed by atoms with van der Waals surface area (Å²) < 4.78 is 5.70. The van der Waals surface area contributed by atoms with E-state index in [1.807, 2.05) is 0 Å². The standard InChI is InChI=1S/C21H14ClNO6/c22-13-7-5-12(6-8-13)19(24)23-17-3-1-2-4-18(17)29-14-9-10-15(20(25)26)16(11-14)21(27)28/h1-11H,(H,23,24)(H,25,26)(H,27,28). The van der Waals surface area contributed by atoms with Gasteiger partial charge in [0.2, 0.25) is 0 Å². The number of benzene rings is 3. The van der Waals surface area contributed by atoms with Crippen LogP contribution in [0.2, 0.25) is 5.02 Å². The van der Waals surface area contributed by atoms with Gasteiger partial charge in [-0.3, -0.25) is 4.79 Å². The number of rotatable bonds is 6. The number of carboxylic acids is 2. The largest absolute Gasteiger partial charge is 0.478 e. The summed E-state index contributed by atoms with van der Waals surface area (Å²) >= 11 is 5.83. The Balaban J connectivity index is 1.87. The molecule has 3 aromatic carbocycles. The lowest BCUT2D eigenvalue weighted by Crippen LogP contribution is -2.12. The van der Waals surface area contributed by atoms with Gasteiger partial charge in [0.05, 0.1) is 16.8 Å². The Bertz CT molecular complexity index is 1090. The summed E-state index contributed by atoms with van der Waals surface area (Å²) in [4.78, 5) is 34.9. The topological polar surface area (TPSA) is 113 Å². The number of hydrogen-bond acceptors (Lipinski definition) is 4. The van der Waals surface area contributed by atoms with Gasteiger partial charge < -0.3 is 20.3 Å². The van der Waals surface area contributed by atoms with Crippen LogP contribution in [0.25, 0.3) is 0 Å². The third kappa shape index (κ3) is 4.72. The van der Waals surface area contributed by atoms with E-state index in [2.05, 4.69) is 5.32 Å². The molecule has 0 saturated heterocycles. The maximum atomic E-state index is 12.4. The summed E-state index contributed by atoms with van der Waals surface area (Å²) in [5.41, 5.74) is -0.0123. The lowest BCUT2D eigenvalue weighted by molar-refractivity contribution is 0.0651. The van der Waals surface area contributed by atoms with Crippen molar-refractivity contribution in [3.05, 3.63) is 88.4 Å². The fourth-order valence-corrected chi connectivity index (χ4v) is 2.66. The number of hydrogen-bond donors (Lipinski definition) is 3. The second-order valence-corrected chi connectivity index (χ2v) is 6.31. The highest BCUT2D eigenvalue weighted by molar-refractivity contribution is 6.30. The molecular formula is C21H14ClNO6. The van der Waals surface area contributed by atoms with Crippen LogP contribution >= 0.6 is 11.6 Å². The van der Waals surface area contributed by atoms with E-state index in [9.17, 15) is 19.5 Å². The first-order valence-corrected chi connectivity index (χ1v) is 8.67. The molecule has 3 N–H and O–H groups in total. The van der Waals surface area contributed by atoms with Crippen LogP contribution in [0, 0.1) is 0 Å². The van der Waals surface area contributed by atoms with Crippen molar-refractivity contribution in [2.75, 3.05) is 5.32 Å². The Kier molecular flexibility index (Phi) is 5.80. The number of ether oxygens (including phenoxy) is 1. The molecule has 0 aliphatic rings. The van der Waals surface area contributed by atoms with Gasteiger partial charge in [-0.2, -0.15) is 0 Å². The van der Waals surface area contributed by atoms with Crippen LogP contribution in [0.15, 0.2) is 66.7 Å². The Morgan fingerprint density at radius 2 is 1.48 bits per heavy atom. The molecule has 29 heavy (non-hydrogen) atoms. The van der Waals surface area contributed by atoms with E-state index in [0.29, 0.717) is 16.3 Å². The smallest absolute Gasteiger partial charge is 0.336 e. The number of carbonyl (C=O) groups is 3. The molecule has 0 spiro atoms. The third-order valence-corrected chi connectivity index (χ3v) is 4.17. The zero-order chi connectivity index (χ0) is 21.0. The maximum absolute atomic E-state index is 12.4. The number of nitrogens with one attached hydrogen (secondary N) is 1. The summed E-state index contributed by atoms with van der Waals surface area (Å²) in [7, 11) is 0. The molecule has 3 rings (SSSR count). The highest BCUT2D eigenvalue weighted by Gasteiger charge is 2.18. The SMILES string of the molecule is O=C(Nc1ccccc1Oc1ccc(C(=O)O)c(C(=O)O)c1)c1ccc(Cl)cc1. The summed E-state index contributed by atoms with van der Waals surface area (Å²) in [6, 6.07) is 16.5. The van der Waals surface area contributed by atoms with Gasteiger partial charge in [0.15, 0.2) is 5.75 Å². The minimum Gasteiger partial charge on any atom is -0.478 e. The van der Waals surface area contributed by atoms with Crippen LogP contribution in [0.5, 0.6) is 11.5 Å². The van der Waals surface area contributed by atoms with Gasteiger partial charge in [0.1, 0.15) is 5.75 Å². The van der Waals surface area contributed by atoms with E-state index in [0.717, 1.165) is 12.1 Å². The molecule has 3 aromatic rings. The van der Waals surface area contributed by atoms with Crippen molar-refractivity contribution in [1.29, 1.82) is 0 Å². The molecule has 0 aliphatic heterocycles. The van der Waals surface area contributed by atoms with Crippen molar-refractivity contribution in [1.82, 2.24) is 0 Å². The Morgan fingerprint density at radius 1 is 0.828 bits per heavy atom. The first-order chi connectivity index (χ1) is 13.8. The number of aromatic carboxylic acids is 2. The fourth-order valence-electron chi connectivity index (χ4n) is 2.53. The Labute approximate surface area is 170 Å². The number of anilines is 1. The van der Waals surface area contributed by atoms with Gasteiger partial charge in [-0.1, -0.05) is 23.7 Å². The van der Waals surface area contributed by atoms with Crippen molar-refractivity contribution < 1.29 is 29.3 Å². The van der Waals surface area contributed by atoms with Gasteiger partial charge in [-0.25, -0.2) is 9.59 Å². The maximum Gasteiger partial charge on any atom is 0.336 e. The van der Waals surface area contributed by atoms with Crippen LogP contribution in [-0.4, -0.2) is 28.1 Å². The molecule has 0 atom stereocenters. The lowest BCUT2D eigenvalue weighted by Gasteiger charge is -2.13. The van der Waals surface area contributed by atoms with Gasteiger partial charge in [-0.05, 0) is 54.6 Å². The average Bonchev–Trinajstić information content (AvgIpc) is 2.69. The van der Waals surface area contributed by atoms with Crippen molar-refractivity contribution in [2.24, 2.45) is 0 Å². The molecule has 1 amide bonds. The molecule has 0 saturated carbocycles. The molecule has 146 valence electrons. The Morgan fingerprint density at radius 3 is 2.14 bits per heavy atom. The molecule has 0 radical (unpaired) electrons. The quantitative estimate of drug-likeness (QED) is 0.538. The molecular weight excluding hydrogens is 398 g/mol. The first kappa shape index (κ1) is 19.9. The molecule has 7 nitrogen and oxygen atoms in total. The van der Waals surface area contributed by atoms with E-state index >= 15 is 0 Å². The van der Waals surface area contributed by atoms with Gasteiger partial charge >= 0.3 is 11.9 Å². The van der Waals surface area contributed by atoms with E-state index in [-0.39, 0.29) is 23.0 Å². The number of para-hydroxylation sites is 2. The highest BCUT2D eigenvalue weighted by Crippen LogP contribution is 2.31. The average molecular weight is 412 g/mol. The molecule has 8 heteroatoms. The number of halogens is 1. The summed E-state index contributed by atoms with van der Waals surface area (Å²) in [5.74, 6) is -2.76. The zero-order valence-corrected chi connectivity index (χ0v) is 15.5. The lowest BCUT2D eigenvalue weighted by atomic mass is 10.1. The van der Waals surface area contributed by atoms with Crippen molar-refractivity contribution in [3.8, 4) is 11.5 Å². The molecule has 0 aromatic heterocycles. The van der Waals surface area contributed by atoms with E-state index in [1.54, 1.807) is 48.5 Å². The molecule has 0 bridgehead atoms. The minimum absolute atomic E-state index is 0.112. The van der Waals surface area contributed by atoms with Crippen molar-refractivity contribution in [3.63, 3.8) is 0 Å². The normalized spacial score (nSPS) is 10.2. The first-order valence-electron chi connectivity index (χ1n) is 8.29. The fraction of sp³-hybridized carbons (Fsp3) is 0. The second kappa shape index (κ2) is 8.45. The van der Waals surface area contributed by atoms with Gasteiger partial charge in [0.25, 0.3) is 5.91 Å². The summed E-state index contributed by atoms with van der Waals surface area (Å²) in [6.07, 6.45) is 0. The Hall–Kier alpha value is -3.84. The minimum atomic E-state index is -1.39. The predicted molar refractivity (Wildman–Crippen MR) is 106 cm³/mol. The van der Waals surface area contributed by atoms with Crippen molar-refractivity contribution >= 4 is 35.1 Å². The van der Waals surface area contributed by atoms with Crippen molar-refractivity contribution in [2.45, 2.75) is 0 Å². The van der Waals surface area contributed by atoms with Crippen LogP contribution in [0.3, 0.4) is 0 Å². The van der Waals surface area contributed by atoms with Crippen LogP contribution < -0.4 is 10.1 Å². The molecule has 0 heterocycles. The highest BCUT2D eigenvalue weighted by atomic mass is 35.5. The van der Waals surface area contributed by atoms with Crippen LogP contribution in [-0.2, 0) is 0 Å². The summed E-state index contributed by atoms with van der Waals surface area (Å²) in [5, 5.41) is 21.6. The van der Waals surface area contributed by atoms with E-state index < -0.39 is 17.5 Å². The number of amides is 1. The molecule has 0 unspecified atom stereocenters. The van der Waals surface area contributed by atoms with Gasteiger partial charge in [0, 0.05) is 10.6 Å². The van der Waals surface area contributed by atoms with Gasteiger partial charge in [-0.15, -0.1) is 0 Å². The molecule has 0 fully saturated rings. The van der Waals surface area contributed by atoms with E-state index in [1.165, 1.54) is 6.07 Å². The monoisotopic (exact) mass is 411 g/mol. The van der Waals surface area contributed by atoms with Crippen LogP contribution in [0.4, 0.5) is 5.69 Å². The molecule has 0 aliphatic carbocycles. The number of carbonyl (C=O) groups excluding carboxylic acids is 1. The number of carboxylic acid groups (broad SMARTS) is 2. The predicted octanol–water partition coefficient (Wildman–Crippen LogP) is 4.78. The third-order valence-electron chi connectivity index (χ3n) is 3.92. The van der Waals surface area contributed by atoms with E-state index in [4.69, 9.17) is 21.4 Å².